The average Bonchev–Trinajstić information content (AvgIpc) is 3.28. The maximum absolute atomic E-state index is 4.82. The van der Waals surface area contributed by atoms with Crippen LogP contribution < -0.4 is 5.43 Å². The standard InChI is InChI=1S/C21H23N3S/c1-14-6-8-16(9-7-14)15(2)23-24-20-13-25-21(22-20)19-11-10-17-4-3-5-18(17)12-19/h6-12,20,24H,3-5,13H2,1-2H3. The first kappa shape index (κ1) is 16.4. The van der Waals surface area contributed by atoms with E-state index < -0.39 is 0 Å². The van der Waals surface area contributed by atoms with Crippen LogP contribution in [0.2, 0.25) is 0 Å². The molecule has 0 radical (unpaired) electrons. The average molecular weight is 350 g/mol. The highest BCUT2D eigenvalue weighted by Gasteiger charge is 2.20. The summed E-state index contributed by atoms with van der Waals surface area (Å²) in [6, 6.07) is 15.3. The third-order valence-electron chi connectivity index (χ3n) is 4.85. The van der Waals surface area contributed by atoms with Gasteiger partial charge in [0, 0.05) is 11.3 Å². The van der Waals surface area contributed by atoms with Crippen molar-refractivity contribution in [3.63, 3.8) is 0 Å². The molecule has 0 bridgehead atoms. The maximum Gasteiger partial charge on any atom is 0.144 e. The fraction of sp³-hybridized carbons (Fsp3) is 0.333. The molecule has 0 spiro atoms. The molecule has 0 aromatic heterocycles. The molecule has 4 rings (SSSR count). The smallest absolute Gasteiger partial charge is 0.144 e. The van der Waals surface area contributed by atoms with Gasteiger partial charge in [-0.1, -0.05) is 42.0 Å². The second-order valence-electron chi connectivity index (χ2n) is 6.79. The van der Waals surface area contributed by atoms with Gasteiger partial charge in [-0.25, -0.2) is 0 Å². The molecule has 0 amide bonds. The molecule has 25 heavy (non-hydrogen) atoms. The largest absolute Gasteiger partial charge is 0.285 e. The molecule has 2 aliphatic rings. The van der Waals surface area contributed by atoms with E-state index >= 15 is 0 Å². The van der Waals surface area contributed by atoms with Gasteiger partial charge in [0.05, 0.1) is 5.71 Å². The normalized spacial score (nSPS) is 19.7. The maximum atomic E-state index is 4.82. The molecule has 4 heteroatoms. The Morgan fingerprint density at radius 3 is 2.76 bits per heavy atom. The number of benzene rings is 2. The zero-order valence-corrected chi connectivity index (χ0v) is 15.6. The zero-order valence-electron chi connectivity index (χ0n) is 14.7. The first-order chi connectivity index (χ1) is 12.2. The van der Waals surface area contributed by atoms with Crippen molar-refractivity contribution < 1.29 is 0 Å². The second-order valence-corrected chi connectivity index (χ2v) is 7.80. The van der Waals surface area contributed by atoms with Crippen LogP contribution in [0.3, 0.4) is 0 Å². The number of hydrazone groups is 1. The first-order valence-electron chi connectivity index (χ1n) is 8.89. The fourth-order valence-corrected chi connectivity index (χ4v) is 4.29. The van der Waals surface area contributed by atoms with Gasteiger partial charge in [-0.15, -0.1) is 11.8 Å². The van der Waals surface area contributed by atoms with E-state index in [0.29, 0.717) is 0 Å². The zero-order chi connectivity index (χ0) is 17.2. The molecule has 1 unspecified atom stereocenters. The van der Waals surface area contributed by atoms with Gasteiger partial charge in [0.2, 0.25) is 0 Å². The van der Waals surface area contributed by atoms with E-state index in [4.69, 9.17) is 4.99 Å². The number of aliphatic imine (C=N–C) groups is 1. The first-order valence-corrected chi connectivity index (χ1v) is 9.87. The van der Waals surface area contributed by atoms with Crippen LogP contribution in [-0.2, 0) is 12.8 Å². The Hall–Kier alpha value is -2.07. The highest BCUT2D eigenvalue weighted by atomic mass is 32.2. The van der Waals surface area contributed by atoms with E-state index in [9.17, 15) is 0 Å². The molecule has 0 saturated heterocycles. The predicted molar refractivity (Wildman–Crippen MR) is 108 cm³/mol. The SMILES string of the molecule is CC(=NNC1CSC(c2ccc3c(c2)CCC3)=N1)c1ccc(C)cc1. The predicted octanol–water partition coefficient (Wildman–Crippen LogP) is 4.32. The van der Waals surface area contributed by atoms with Crippen LogP contribution >= 0.6 is 11.8 Å². The van der Waals surface area contributed by atoms with Gasteiger partial charge in [0.15, 0.2) is 0 Å². The molecule has 0 fully saturated rings. The summed E-state index contributed by atoms with van der Waals surface area (Å²) in [5.41, 5.74) is 10.9. The molecule has 1 aliphatic heterocycles. The van der Waals surface area contributed by atoms with Crippen LogP contribution in [0.15, 0.2) is 52.6 Å². The van der Waals surface area contributed by atoms with Gasteiger partial charge in [-0.3, -0.25) is 10.4 Å². The molecule has 128 valence electrons. The fourth-order valence-electron chi connectivity index (χ4n) is 3.33. The Bertz CT molecular complexity index is 837. The van der Waals surface area contributed by atoms with Crippen molar-refractivity contribution in [1.82, 2.24) is 5.43 Å². The summed E-state index contributed by atoms with van der Waals surface area (Å²) < 4.78 is 0. The summed E-state index contributed by atoms with van der Waals surface area (Å²) in [7, 11) is 0. The van der Waals surface area contributed by atoms with Crippen molar-refractivity contribution in [3.8, 4) is 0 Å². The van der Waals surface area contributed by atoms with Crippen LogP contribution in [0.4, 0.5) is 0 Å². The number of thioether (sulfide) groups is 1. The lowest BCUT2D eigenvalue weighted by Gasteiger charge is -2.07. The Labute approximate surface area is 153 Å². The van der Waals surface area contributed by atoms with Gasteiger partial charge in [-0.2, -0.15) is 5.10 Å². The van der Waals surface area contributed by atoms with Crippen molar-refractivity contribution in [2.45, 2.75) is 39.3 Å². The van der Waals surface area contributed by atoms with E-state index in [0.717, 1.165) is 22.1 Å². The van der Waals surface area contributed by atoms with Crippen LogP contribution in [0, 0.1) is 6.92 Å². The monoisotopic (exact) mass is 349 g/mol. The third-order valence-corrected chi connectivity index (χ3v) is 5.94. The topological polar surface area (TPSA) is 36.8 Å². The molecule has 2 aromatic rings. The molecule has 0 saturated carbocycles. The summed E-state index contributed by atoms with van der Waals surface area (Å²) in [6.07, 6.45) is 3.78. The van der Waals surface area contributed by atoms with Crippen molar-refractivity contribution >= 4 is 22.5 Å². The van der Waals surface area contributed by atoms with E-state index in [1.54, 1.807) is 0 Å². The Balaban J connectivity index is 1.44. The minimum Gasteiger partial charge on any atom is -0.285 e. The number of aryl methyl sites for hydroxylation is 3. The lowest BCUT2D eigenvalue weighted by Crippen LogP contribution is -2.23. The van der Waals surface area contributed by atoms with Gasteiger partial charge < -0.3 is 0 Å². The number of rotatable bonds is 4. The Morgan fingerprint density at radius 1 is 1.12 bits per heavy atom. The second kappa shape index (κ2) is 7.04. The molecule has 1 N–H and O–H groups in total. The summed E-state index contributed by atoms with van der Waals surface area (Å²) >= 11 is 1.82. The van der Waals surface area contributed by atoms with Crippen LogP contribution in [0.5, 0.6) is 0 Å². The van der Waals surface area contributed by atoms with Crippen LogP contribution in [0.1, 0.15) is 41.2 Å². The lowest BCUT2D eigenvalue weighted by molar-refractivity contribution is 0.613. The van der Waals surface area contributed by atoms with Gasteiger partial charge >= 0.3 is 0 Å². The number of fused-ring (bicyclic) bond motifs is 1. The summed E-state index contributed by atoms with van der Waals surface area (Å²) in [4.78, 5) is 4.82. The van der Waals surface area contributed by atoms with Crippen molar-refractivity contribution in [1.29, 1.82) is 0 Å². The van der Waals surface area contributed by atoms with E-state index in [2.05, 4.69) is 59.9 Å². The van der Waals surface area contributed by atoms with Crippen LogP contribution in [-0.4, -0.2) is 22.7 Å². The minimum absolute atomic E-state index is 0.0497. The number of nitrogens with one attached hydrogen (secondary N) is 1. The van der Waals surface area contributed by atoms with E-state index in [1.807, 2.05) is 18.7 Å². The molecule has 3 nitrogen and oxygen atoms in total. The van der Waals surface area contributed by atoms with Crippen molar-refractivity contribution in [2.75, 3.05) is 5.75 Å². The van der Waals surface area contributed by atoms with E-state index in [-0.39, 0.29) is 6.17 Å². The molecule has 1 atom stereocenters. The molecule has 1 heterocycles. The van der Waals surface area contributed by atoms with Crippen LogP contribution in [0.25, 0.3) is 0 Å². The van der Waals surface area contributed by atoms with Crippen molar-refractivity contribution in [3.05, 3.63) is 70.3 Å². The number of nitrogens with zero attached hydrogens (tertiary/aromatic N) is 2. The molecule has 2 aromatic carbocycles. The number of hydrogen-bond acceptors (Lipinski definition) is 4. The molecule has 1 aliphatic carbocycles. The molecular formula is C21H23N3S. The third kappa shape index (κ3) is 3.64. The quantitative estimate of drug-likeness (QED) is 0.659. The lowest BCUT2D eigenvalue weighted by atomic mass is 10.1. The minimum atomic E-state index is 0.0497. The highest BCUT2D eigenvalue weighted by molar-refractivity contribution is 8.14. The van der Waals surface area contributed by atoms with Gasteiger partial charge in [0.25, 0.3) is 0 Å². The van der Waals surface area contributed by atoms with E-state index in [1.165, 1.54) is 41.5 Å². The highest BCUT2D eigenvalue weighted by Crippen LogP contribution is 2.27. The summed E-state index contributed by atoms with van der Waals surface area (Å²) in [5.74, 6) is 0.928. The van der Waals surface area contributed by atoms with Gasteiger partial charge in [-0.05, 0) is 55.9 Å². The van der Waals surface area contributed by atoms with Crippen molar-refractivity contribution in [2.24, 2.45) is 10.1 Å². The molecular weight excluding hydrogens is 326 g/mol. The van der Waals surface area contributed by atoms with Gasteiger partial charge in [0.1, 0.15) is 11.2 Å². The Kier molecular flexibility index (Phi) is 4.62. The summed E-state index contributed by atoms with van der Waals surface area (Å²) in [5, 5.41) is 5.67. The number of hydrogen-bond donors (Lipinski definition) is 1. The summed E-state index contributed by atoms with van der Waals surface area (Å²) in [6.45, 7) is 4.13. The Morgan fingerprint density at radius 2 is 1.92 bits per heavy atom.